The Hall–Kier alpha value is 0. The van der Waals surface area contributed by atoms with Crippen LogP contribution in [0.3, 0.4) is 0 Å². The molecule has 0 heteroatoms. The lowest BCUT2D eigenvalue weighted by Crippen LogP contribution is -2.38. The summed E-state index contributed by atoms with van der Waals surface area (Å²) in [6.45, 7) is 16.5. The van der Waals surface area contributed by atoms with Crippen LogP contribution in [0.4, 0.5) is 0 Å². The standard InChI is InChI=1S/C12H26/c1-8-11(5,6)12(7,9-2)10(3)4/h10H,8-9H2,1-7H3. The number of hydrogen-bond donors (Lipinski definition) is 0. The Morgan fingerprint density at radius 1 is 0.917 bits per heavy atom. The maximum Gasteiger partial charge on any atom is -0.0254 e. The second-order valence-corrected chi connectivity index (χ2v) is 5.16. The smallest absolute Gasteiger partial charge is 0.0254 e. The van der Waals surface area contributed by atoms with Crippen LogP contribution in [0.2, 0.25) is 0 Å². The predicted octanol–water partition coefficient (Wildman–Crippen LogP) is 4.49. The van der Waals surface area contributed by atoms with E-state index in [1.807, 2.05) is 0 Å². The van der Waals surface area contributed by atoms with Crippen LogP contribution in [0.5, 0.6) is 0 Å². The van der Waals surface area contributed by atoms with Crippen molar-refractivity contribution in [2.45, 2.75) is 61.3 Å². The molecule has 0 aliphatic rings. The highest BCUT2D eigenvalue weighted by molar-refractivity contribution is 4.89. The zero-order chi connectivity index (χ0) is 9.99. The maximum absolute atomic E-state index is 2.43. The molecule has 0 N–H and O–H groups in total. The molecule has 0 rings (SSSR count). The van der Waals surface area contributed by atoms with E-state index < -0.39 is 0 Å². The molecule has 74 valence electrons. The average Bonchev–Trinajstić information content (AvgIpc) is 2.02. The molecule has 0 radical (unpaired) electrons. The van der Waals surface area contributed by atoms with Crippen molar-refractivity contribution in [3.8, 4) is 0 Å². The first kappa shape index (κ1) is 12.0. The summed E-state index contributed by atoms with van der Waals surface area (Å²) in [5, 5.41) is 0. The van der Waals surface area contributed by atoms with Gasteiger partial charge in [-0.15, -0.1) is 0 Å². The molecular weight excluding hydrogens is 144 g/mol. The molecular formula is C12H26. The van der Waals surface area contributed by atoms with Crippen LogP contribution in [0.1, 0.15) is 61.3 Å². The fourth-order valence-corrected chi connectivity index (χ4v) is 2.07. The first-order chi connectivity index (χ1) is 5.31. The molecule has 0 amide bonds. The zero-order valence-electron chi connectivity index (χ0n) is 9.99. The van der Waals surface area contributed by atoms with Gasteiger partial charge < -0.3 is 0 Å². The lowest BCUT2D eigenvalue weighted by molar-refractivity contribution is 0.0277. The predicted molar refractivity (Wildman–Crippen MR) is 57.3 cm³/mol. The van der Waals surface area contributed by atoms with Crippen LogP contribution in [0.15, 0.2) is 0 Å². The van der Waals surface area contributed by atoms with Gasteiger partial charge in [-0.25, -0.2) is 0 Å². The monoisotopic (exact) mass is 170 g/mol. The molecule has 0 aromatic carbocycles. The molecule has 0 aliphatic heterocycles. The van der Waals surface area contributed by atoms with Crippen LogP contribution < -0.4 is 0 Å². The van der Waals surface area contributed by atoms with Crippen molar-refractivity contribution in [1.29, 1.82) is 0 Å². The van der Waals surface area contributed by atoms with Crippen LogP contribution >= 0.6 is 0 Å². The minimum atomic E-state index is 0.468. The van der Waals surface area contributed by atoms with Gasteiger partial charge in [0.15, 0.2) is 0 Å². The van der Waals surface area contributed by atoms with E-state index in [0.29, 0.717) is 10.8 Å². The molecule has 0 saturated heterocycles. The van der Waals surface area contributed by atoms with Crippen molar-refractivity contribution < 1.29 is 0 Å². The normalized spacial score (nSPS) is 18.0. The van der Waals surface area contributed by atoms with E-state index in [0.717, 1.165) is 5.92 Å². The molecule has 0 aromatic rings. The minimum Gasteiger partial charge on any atom is -0.0649 e. The van der Waals surface area contributed by atoms with Gasteiger partial charge in [0.25, 0.3) is 0 Å². The number of rotatable bonds is 4. The average molecular weight is 170 g/mol. The highest BCUT2D eigenvalue weighted by Crippen LogP contribution is 2.49. The van der Waals surface area contributed by atoms with Crippen molar-refractivity contribution in [2.24, 2.45) is 16.7 Å². The highest BCUT2D eigenvalue weighted by atomic mass is 14.4. The summed E-state index contributed by atoms with van der Waals surface area (Å²) < 4.78 is 0. The van der Waals surface area contributed by atoms with Gasteiger partial charge in [0, 0.05) is 0 Å². The van der Waals surface area contributed by atoms with Crippen molar-refractivity contribution in [1.82, 2.24) is 0 Å². The lowest BCUT2D eigenvalue weighted by Gasteiger charge is -2.47. The third-order valence-electron chi connectivity index (χ3n) is 4.44. The Kier molecular flexibility index (Phi) is 3.81. The Balaban J connectivity index is 4.74. The molecule has 0 saturated carbocycles. The summed E-state index contributed by atoms with van der Waals surface area (Å²) in [6, 6.07) is 0. The fourth-order valence-electron chi connectivity index (χ4n) is 2.07. The van der Waals surface area contributed by atoms with Crippen LogP contribution in [0, 0.1) is 16.7 Å². The molecule has 0 aliphatic carbocycles. The quantitative estimate of drug-likeness (QED) is 0.583. The second kappa shape index (κ2) is 3.81. The summed E-state index contributed by atoms with van der Waals surface area (Å²) in [5.41, 5.74) is 0.956. The van der Waals surface area contributed by atoms with Gasteiger partial charge in [0.2, 0.25) is 0 Å². The zero-order valence-corrected chi connectivity index (χ0v) is 9.99. The third kappa shape index (κ3) is 1.84. The largest absolute Gasteiger partial charge is 0.0649 e. The third-order valence-corrected chi connectivity index (χ3v) is 4.44. The SMILES string of the molecule is CCC(C)(C)C(C)(CC)C(C)C. The van der Waals surface area contributed by atoms with Gasteiger partial charge in [-0.2, -0.15) is 0 Å². The molecule has 0 spiro atoms. The molecule has 0 nitrogen and oxygen atoms in total. The first-order valence-corrected chi connectivity index (χ1v) is 5.31. The maximum atomic E-state index is 2.43. The topological polar surface area (TPSA) is 0 Å². The van der Waals surface area contributed by atoms with E-state index in [2.05, 4.69) is 48.5 Å². The molecule has 0 heterocycles. The number of hydrogen-bond acceptors (Lipinski definition) is 0. The van der Waals surface area contributed by atoms with Crippen molar-refractivity contribution in [3.63, 3.8) is 0 Å². The molecule has 0 aromatic heterocycles. The van der Waals surface area contributed by atoms with E-state index in [1.165, 1.54) is 12.8 Å². The fraction of sp³-hybridized carbons (Fsp3) is 1.00. The van der Waals surface area contributed by atoms with Crippen molar-refractivity contribution >= 4 is 0 Å². The van der Waals surface area contributed by atoms with E-state index in [9.17, 15) is 0 Å². The van der Waals surface area contributed by atoms with Gasteiger partial charge >= 0.3 is 0 Å². The molecule has 1 unspecified atom stereocenters. The Labute approximate surface area is 78.8 Å². The summed E-state index contributed by atoms with van der Waals surface area (Å²) in [6.07, 6.45) is 2.56. The Morgan fingerprint density at radius 3 is 1.42 bits per heavy atom. The van der Waals surface area contributed by atoms with Crippen molar-refractivity contribution in [2.75, 3.05) is 0 Å². The van der Waals surface area contributed by atoms with E-state index >= 15 is 0 Å². The van der Waals surface area contributed by atoms with E-state index in [4.69, 9.17) is 0 Å². The second-order valence-electron chi connectivity index (χ2n) is 5.16. The van der Waals surface area contributed by atoms with Gasteiger partial charge in [-0.05, 0) is 23.2 Å². The van der Waals surface area contributed by atoms with Crippen LogP contribution in [0.25, 0.3) is 0 Å². The minimum absolute atomic E-state index is 0.468. The van der Waals surface area contributed by atoms with Gasteiger partial charge in [0.05, 0.1) is 0 Å². The molecule has 0 bridgehead atoms. The summed E-state index contributed by atoms with van der Waals surface area (Å²) in [7, 11) is 0. The first-order valence-electron chi connectivity index (χ1n) is 5.31. The Morgan fingerprint density at radius 2 is 1.33 bits per heavy atom. The lowest BCUT2D eigenvalue weighted by atomic mass is 9.58. The summed E-state index contributed by atoms with van der Waals surface area (Å²) >= 11 is 0. The van der Waals surface area contributed by atoms with E-state index in [1.54, 1.807) is 0 Å². The van der Waals surface area contributed by atoms with Gasteiger partial charge in [-0.3, -0.25) is 0 Å². The van der Waals surface area contributed by atoms with E-state index in [-0.39, 0.29) is 0 Å². The summed E-state index contributed by atoms with van der Waals surface area (Å²) in [5.74, 6) is 0.775. The molecule has 1 atom stereocenters. The van der Waals surface area contributed by atoms with Gasteiger partial charge in [0.1, 0.15) is 0 Å². The summed E-state index contributed by atoms with van der Waals surface area (Å²) in [4.78, 5) is 0. The molecule has 12 heavy (non-hydrogen) atoms. The molecule has 0 fully saturated rings. The highest BCUT2D eigenvalue weighted by Gasteiger charge is 2.40. The van der Waals surface area contributed by atoms with Crippen molar-refractivity contribution in [3.05, 3.63) is 0 Å². The van der Waals surface area contributed by atoms with Gasteiger partial charge in [-0.1, -0.05) is 54.9 Å². The Bertz CT molecular complexity index is 133. The van der Waals surface area contributed by atoms with Crippen LogP contribution in [-0.4, -0.2) is 0 Å². The van der Waals surface area contributed by atoms with Crippen LogP contribution in [-0.2, 0) is 0 Å².